The monoisotopic (exact) mass is 266 g/mol. The van der Waals surface area contributed by atoms with Gasteiger partial charge in [-0.05, 0) is 12.6 Å². The zero-order valence-electron chi connectivity index (χ0n) is 11.8. The van der Waals surface area contributed by atoms with Crippen molar-refractivity contribution in [3.8, 4) is 0 Å². The third kappa shape index (κ3) is 4.75. The minimum absolute atomic E-state index is 0.0572. The summed E-state index contributed by atoms with van der Waals surface area (Å²) in [6, 6.07) is 3.04. The van der Waals surface area contributed by atoms with Crippen LogP contribution >= 0.6 is 0 Å². The standard InChI is InChI=1S/C13H22N4O2/c1-4-16(10-13(19)15(2)3)7-8-17-9-11(14)5-6-12(17)18/h5-6,9H,4,7-8,10,14H2,1-3H3. The lowest BCUT2D eigenvalue weighted by Gasteiger charge is -2.22. The Bertz CT molecular complexity index is 482. The summed E-state index contributed by atoms with van der Waals surface area (Å²) < 4.78 is 1.57. The van der Waals surface area contributed by atoms with Gasteiger partial charge in [0.25, 0.3) is 5.56 Å². The number of pyridine rings is 1. The quantitative estimate of drug-likeness (QED) is 0.776. The molecule has 6 nitrogen and oxygen atoms in total. The van der Waals surface area contributed by atoms with Gasteiger partial charge in [0.05, 0.1) is 6.54 Å². The minimum atomic E-state index is -0.0795. The topological polar surface area (TPSA) is 71.6 Å². The van der Waals surface area contributed by atoms with Gasteiger partial charge in [0, 0.05) is 45.1 Å². The van der Waals surface area contributed by atoms with E-state index in [4.69, 9.17) is 5.73 Å². The van der Waals surface area contributed by atoms with Crippen LogP contribution in [0.2, 0.25) is 0 Å². The molecule has 0 aromatic carbocycles. The van der Waals surface area contributed by atoms with Crippen LogP contribution in [0.15, 0.2) is 23.1 Å². The second-order valence-corrected chi connectivity index (χ2v) is 4.65. The van der Waals surface area contributed by atoms with Gasteiger partial charge in [-0.3, -0.25) is 14.5 Å². The molecule has 106 valence electrons. The number of nitrogens with two attached hydrogens (primary N) is 1. The van der Waals surface area contributed by atoms with Crippen LogP contribution in [-0.2, 0) is 11.3 Å². The molecule has 2 N–H and O–H groups in total. The molecule has 0 aliphatic rings. The Morgan fingerprint density at radius 1 is 1.37 bits per heavy atom. The van der Waals surface area contributed by atoms with E-state index in [0.29, 0.717) is 25.3 Å². The van der Waals surface area contributed by atoms with Crippen molar-refractivity contribution in [1.29, 1.82) is 0 Å². The number of rotatable bonds is 6. The molecule has 0 fully saturated rings. The molecule has 0 saturated carbocycles. The number of amides is 1. The van der Waals surface area contributed by atoms with Gasteiger partial charge in [-0.1, -0.05) is 6.92 Å². The zero-order chi connectivity index (χ0) is 14.4. The molecule has 1 rings (SSSR count). The van der Waals surface area contributed by atoms with Gasteiger partial charge in [0.15, 0.2) is 0 Å². The summed E-state index contributed by atoms with van der Waals surface area (Å²) in [5.74, 6) is 0.0572. The second kappa shape index (κ2) is 6.94. The van der Waals surface area contributed by atoms with E-state index < -0.39 is 0 Å². The Morgan fingerprint density at radius 3 is 2.63 bits per heavy atom. The molecule has 1 amide bonds. The van der Waals surface area contributed by atoms with Gasteiger partial charge in [-0.25, -0.2) is 0 Å². The molecular weight excluding hydrogens is 244 g/mol. The molecule has 1 heterocycles. The van der Waals surface area contributed by atoms with Gasteiger partial charge in [0.1, 0.15) is 0 Å². The van der Waals surface area contributed by atoms with Crippen molar-refractivity contribution in [1.82, 2.24) is 14.4 Å². The fourth-order valence-electron chi connectivity index (χ4n) is 1.66. The van der Waals surface area contributed by atoms with Crippen LogP contribution < -0.4 is 11.3 Å². The van der Waals surface area contributed by atoms with Gasteiger partial charge in [-0.15, -0.1) is 0 Å². The predicted octanol–water partition coefficient (Wildman–Crippen LogP) is -0.159. The van der Waals surface area contributed by atoms with Crippen LogP contribution in [0.3, 0.4) is 0 Å². The molecule has 0 saturated heterocycles. The van der Waals surface area contributed by atoms with Crippen molar-refractivity contribution < 1.29 is 4.79 Å². The van der Waals surface area contributed by atoms with Crippen molar-refractivity contribution in [2.24, 2.45) is 0 Å². The minimum Gasteiger partial charge on any atom is -0.398 e. The number of anilines is 1. The van der Waals surface area contributed by atoms with E-state index in [0.717, 1.165) is 6.54 Å². The number of hydrogen-bond donors (Lipinski definition) is 1. The van der Waals surface area contributed by atoms with Gasteiger partial charge in [0.2, 0.25) is 5.91 Å². The summed E-state index contributed by atoms with van der Waals surface area (Å²) >= 11 is 0. The lowest BCUT2D eigenvalue weighted by Crippen LogP contribution is -2.38. The van der Waals surface area contributed by atoms with E-state index in [2.05, 4.69) is 0 Å². The lowest BCUT2D eigenvalue weighted by molar-refractivity contribution is -0.129. The zero-order valence-corrected chi connectivity index (χ0v) is 11.8. The molecule has 0 unspecified atom stereocenters. The molecule has 0 atom stereocenters. The van der Waals surface area contributed by atoms with Crippen molar-refractivity contribution in [2.75, 3.05) is 39.5 Å². The van der Waals surface area contributed by atoms with Crippen molar-refractivity contribution in [3.05, 3.63) is 28.7 Å². The fraction of sp³-hybridized carbons (Fsp3) is 0.538. The lowest BCUT2D eigenvalue weighted by atomic mass is 10.4. The molecule has 0 radical (unpaired) electrons. The smallest absolute Gasteiger partial charge is 0.250 e. The maximum Gasteiger partial charge on any atom is 0.250 e. The molecular formula is C13H22N4O2. The van der Waals surface area contributed by atoms with Crippen LogP contribution in [0.5, 0.6) is 0 Å². The SMILES string of the molecule is CCN(CCn1cc(N)ccc1=O)CC(=O)N(C)C. The van der Waals surface area contributed by atoms with E-state index >= 15 is 0 Å². The Balaban J connectivity index is 2.60. The van der Waals surface area contributed by atoms with Crippen LogP contribution in [0.4, 0.5) is 5.69 Å². The summed E-state index contributed by atoms with van der Waals surface area (Å²) in [5.41, 5.74) is 6.14. The normalized spacial score (nSPS) is 10.7. The first-order valence-corrected chi connectivity index (χ1v) is 6.32. The van der Waals surface area contributed by atoms with Crippen LogP contribution in [0, 0.1) is 0 Å². The predicted molar refractivity (Wildman–Crippen MR) is 75.9 cm³/mol. The summed E-state index contributed by atoms with van der Waals surface area (Å²) in [4.78, 5) is 26.8. The maximum absolute atomic E-state index is 11.6. The van der Waals surface area contributed by atoms with Crippen molar-refractivity contribution in [2.45, 2.75) is 13.5 Å². The molecule has 0 spiro atoms. The summed E-state index contributed by atoms with van der Waals surface area (Å²) in [5, 5.41) is 0. The first kappa shape index (κ1) is 15.2. The first-order chi connectivity index (χ1) is 8.93. The van der Waals surface area contributed by atoms with Crippen LogP contribution in [-0.4, -0.2) is 54.0 Å². The summed E-state index contributed by atoms with van der Waals surface area (Å²) in [6.45, 7) is 4.28. The number of likely N-dealkylation sites (N-methyl/N-ethyl adjacent to an activating group) is 2. The number of aromatic nitrogens is 1. The third-order valence-corrected chi connectivity index (χ3v) is 2.97. The highest BCUT2D eigenvalue weighted by atomic mass is 16.2. The van der Waals surface area contributed by atoms with E-state index in [1.54, 1.807) is 35.8 Å². The van der Waals surface area contributed by atoms with E-state index in [1.165, 1.54) is 6.07 Å². The van der Waals surface area contributed by atoms with Gasteiger partial charge in [-0.2, -0.15) is 0 Å². The maximum atomic E-state index is 11.6. The van der Waals surface area contributed by atoms with Crippen LogP contribution in [0.1, 0.15) is 6.92 Å². The number of hydrogen-bond acceptors (Lipinski definition) is 4. The van der Waals surface area contributed by atoms with Crippen molar-refractivity contribution >= 4 is 11.6 Å². The molecule has 6 heteroatoms. The van der Waals surface area contributed by atoms with E-state index in [-0.39, 0.29) is 11.5 Å². The Hall–Kier alpha value is -1.82. The van der Waals surface area contributed by atoms with E-state index in [9.17, 15) is 9.59 Å². The summed E-state index contributed by atoms with van der Waals surface area (Å²) in [6.07, 6.45) is 1.63. The first-order valence-electron chi connectivity index (χ1n) is 6.32. The fourth-order valence-corrected chi connectivity index (χ4v) is 1.66. The second-order valence-electron chi connectivity index (χ2n) is 4.65. The largest absolute Gasteiger partial charge is 0.398 e. The summed E-state index contributed by atoms with van der Waals surface area (Å²) in [7, 11) is 3.47. The molecule has 0 aliphatic heterocycles. The highest BCUT2D eigenvalue weighted by molar-refractivity contribution is 5.77. The Morgan fingerprint density at radius 2 is 2.05 bits per heavy atom. The Labute approximate surface area is 113 Å². The number of nitrogen functional groups attached to an aromatic ring is 1. The van der Waals surface area contributed by atoms with E-state index in [1.807, 2.05) is 11.8 Å². The Kier molecular flexibility index (Phi) is 5.57. The average Bonchev–Trinajstić information content (AvgIpc) is 2.37. The average molecular weight is 266 g/mol. The highest BCUT2D eigenvalue weighted by Gasteiger charge is 2.10. The molecule has 0 bridgehead atoms. The number of carbonyl (C=O) groups excluding carboxylic acids is 1. The molecule has 1 aromatic rings. The molecule has 19 heavy (non-hydrogen) atoms. The highest BCUT2D eigenvalue weighted by Crippen LogP contribution is 1.97. The number of nitrogens with zero attached hydrogens (tertiary/aromatic N) is 3. The van der Waals surface area contributed by atoms with Gasteiger partial charge >= 0.3 is 0 Å². The third-order valence-electron chi connectivity index (χ3n) is 2.97. The molecule has 1 aromatic heterocycles. The number of carbonyl (C=O) groups is 1. The van der Waals surface area contributed by atoms with Gasteiger partial charge < -0.3 is 15.2 Å². The van der Waals surface area contributed by atoms with Crippen LogP contribution in [0.25, 0.3) is 0 Å². The van der Waals surface area contributed by atoms with Crippen molar-refractivity contribution in [3.63, 3.8) is 0 Å². The molecule has 0 aliphatic carbocycles.